The van der Waals surface area contributed by atoms with Crippen molar-refractivity contribution in [3.05, 3.63) is 35.9 Å². The molecule has 0 N–H and O–H groups in total. The Morgan fingerprint density at radius 2 is 2.15 bits per heavy atom. The van der Waals surface area contributed by atoms with Crippen LogP contribution in [0.4, 0.5) is 0 Å². The van der Waals surface area contributed by atoms with Crippen molar-refractivity contribution in [3.63, 3.8) is 0 Å². The quantitative estimate of drug-likeness (QED) is 0.759. The Morgan fingerprint density at radius 1 is 1.35 bits per heavy atom. The average Bonchev–Trinajstić information content (AvgIpc) is 3.33. The van der Waals surface area contributed by atoms with E-state index in [0.29, 0.717) is 24.1 Å². The Balaban J connectivity index is 1.42. The highest BCUT2D eigenvalue weighted by molar-refractivity contribution is 8.00. The molecule has 6 heteroatoms. The van der Waals surface area contributed by atoms with Crippen molar-refractivity contribution < 1.29 is 19.1 Å². The SMILES string of the molecule is C[C@@]12OCC[C@@H]1S[C@@H]1[C@@H]3C(=O)CC[C@@H]3[C@@H](C(=O)OCc3ccccc3)N12. The lowest BCUT2D eigenvalue weighted by atomic mass is 9.93. The van der Waals surface area contributed by atoms with E-state index in [0.717, 1.165) is 18.4 Å². The summed E-state index contributed by atoms with van der Waals surface area (Å²) >= 11 is 1.84. The van der Waals surface area contributed by atoms with Crippen molar-refractivity contribution in [2.45, 2.75) is 55.2 Å². The van der Waals surface area contributed by atoms with E-state index >= 15 is 0 Å². The normalized spacial score (nSPS) is 41.1. The van der Waals surface area contributed by atoms with Gasteiger partial charge in [-0.1, -0.05) is 30.3 Å². The van der Waals surface area contributed by atoms with Gasteiger partial charge in [-0.15, -0.1) is 11.8 Å². The molecule has 0 radical (unpaired) electrons. The first-order chi connectivity index (χ1) is 12.6. The molecule has 1 aromatic rings. The number of fused-ring (bicyclic) bond motifs is 5. The summed E-state index contributed by atoms with van der Waals surface area (Å²) in [4.78, 5) is 27.8. The van der Waals surface area contributed by atoms with Crippen molar-refractivity contribution in [1.29, 1.82) is 0 Å². The molecule has 0 bridgehead atoms. The van der Waals surface area contributed by atoms with Crippen LogP contribution < -0.4 is 0 Å². The van der Waals surface area contributed by atoms with Gasteiger partial charge in [0.15, 0.2) is 0 Å². The highest BCUT2D eigenvalue weighted by atomic mass is 32.2. The molecule has 4 fully saturated rings. The van der Waals surface area contributed by atoms with Gasteiger partial charge in [-0.2, -0.15) is 0 Å². The van der Waals surface area contributed by atoms with Gasteiger partial charge in [0.05, 0.1) is 17.2 Å². The molecule has 5 rings (SSSR count). The third-order valence-electron chi connectivity index (χ3n) is 6.50. The lowest BCUT2D eigenvalue weighted by Crippen LogP contribution is -2.54. The predicted molar refractivity (Wildman–Crippen MR) is 97.2 cm³/mol. The maximum Gasteiger partial charge on any atom is 0.324 e. The number of Topliss-reactive ketones (excluding diaryl/α,β-unsaturated/α-hetero) is 1. The van der Waals surface area contributed by atoms with Gasteiger partial charge in [0.2, 0.25) is 0 Å². The van der Waals surface area contributed by atoms with Crippen molar-refractivity contribution in [2.75, 3.05) is 6.61 Å². The molecule has 0 spiro atoms. The molecule has 0 amide bonds. The monoisotopic (exact) mass is 373 g/mol. The number of hydrogen-bond acceptors (Lipinski definition) is 6. The second-order valence-electron chi connectivity index (χ2n) is 7.85. The van der Waals surface area contributed by atoms with E-state index in [9.17, 15) is 9.59 Å². The summed E-state index contributed by atoms with van der Waals surface area (Å²) in [6.45, 7) is 3.07. The topological polar surface area (TPSA) is 55.8 Å². The summed E-state index contributed by atoms with van der Waals surface area (Å²) < 4.78 is 11.8. The molecule has 3 heterocycles. The maximum absolute atomic E-state index is 13.1. The Morgan fingerprint density at radius 3 is 2.96 bits per heavy atom. The Kier molecular flexibility index (Phi) is 3.92. The number of rotatable bonds is 3. The van der Waals surface area contributed by atoms with Crippen LogP contribution in [0.2, 0.25) is 0 Å². The fourth-order valence-electron chi connectivity index (χ4n) is 5.27. The van der Waals surface area contributed by atoms with Gasteiger partial charge in [0, 0.05) is 12.3 Å². The van der Waals surface area contributed by atoms with E-state index in [1.165, 1.54) is 0 Å². The third-order valence-corrected chi connectivity index (χ3v) is 8.30. The summed E-state index contributed by atoms with van der Waals surface area (Å²) in [5.41, 5.74) is 0.516. The van der Waals surface area contributed by atoms with Crippen LogP contribution >= 0.6 is 11.8 Å². The van der Waals surface area contributed by atoms with Gasteiger partial charge in [-0.05, 0) is 31.2 Å². The van der Waals surface area contributed by atoms with Gasteiger partial charge >= 0.3 is 5.97 Å². The van der Waals surface area contributed by atoms with Gasteiger partial charge in [0.1, 0.15) is 24.2 Å². The first-order valence-corrected chi connectivity index (χ1v) is 10.3. The number of hydrogen-bond donors (Lipinski definition) is 0. The van der Waals surface area contributed by atoms with Crippen LogP contribution in [0, 0.1) is 11.8 Å². The van der Waals surface area contributed by atoms with Crippen LogP contribution in [-0.4, -0.2) is 45.6 Å². The maximum atomic E-state index is 13.1. The first kappa shape index (κ1) is 16.8. The highest BCUT2D eigenvalue weighted by Gasteiger charge is 2.69. The van der Waals surface area contributed by atoms with Crippen LogP contribution in [0.25, 0.3) is 0 Å². The first-order valence-electron chi connectivity index (χ1n) is 9.41. The zero-order chi connectivity index (χ0) is 17.9. The average molecular weight is 373 g/mol. The summed E-state index contributed by atoms with van der Waals surface area (Å²) in [5, 5.41) is 0.380. The fourth-order valence-corrected chi connectivity index (χ4v) is 7.28. The van der Waals surface area contributed by atoms with Gasteiger partial charge in [0.25, 0.3) is 0 Å². The molecule has 6 atom stereocenters. The number of carbonyl (C=O) groups is 2. The number of ether oxygens (including phenoxy) is 2. The standard InChI is InChI=1S/C20H23NO4S/c1-20-15(9-10-25-20)26-18-16-13(7-8-14(16)22)17(21(18)20)19(23)24-11-12-5-3-2-4-6-12/h2-6,13,15-18H,7-11H2,1H3/t13-,15-,16-,17-,18+,20+/m0/s1. The summed E-state index contributed by atoms with van der Waals surface area (Å²) in [6, 6.07) is 9.36. The molecular formula is C20H23NO4S. The van der Waals surface area contributed by atoms with Crippen LogP contribution in [0.3, 0.4) is 0 Å². The van der Waals surface area contributed by atoms with E-state index in [4.69, 9.17) is 9.47 Å². The predicted octanol–water partition coefficient (Wildman–Crippen LogP) is 2.59. The van der Waals surface area contributed by atoms with Gasteiger partial charge in [-0.3, -0.25) is 9.59 Å². The summed E-state index contributed by atoms with van der Waals surface area (Å²) in [5.74, 6) is 0.101. The van der Waals surface area contributed by atoms with Gasteiger partial charge < -0.3 is 9.47 Å². The zero-order valence-electron chi connectivity index (χ0n) is 14.8. The van der Waals surface area contributed by atoms with E-state index < -0.39 is 5.72 Å². The van der Waals surface area contributed by atoms with Crippen molar-refractivity contribution in [2.24, 2.45) is 11.8 Å². The molecule has 1 saturated carbocycles. The van der Waals surface area contributed by atoms with Crippen LogP contribution in [0.5, 0.6) is 0 Å². The lowest BCUT2D eigenvalue weighted by molar-refractivity contribution is -0.165. The highest BCUT2D eigenvalue weighted by Crippen LogP contribution is 2.60. The molecule has 3 aliphatic heterocycles. The molecule has 0 aromatic heterocycles. The van der Waals surface area contributed by atoms with Crippen LogP contribution in [0.1, 0.15) is 31.7 Å². The second kappa shape index (κ2) is 6.08. The molecule has 138 valence electrons. The van der Waals surface area contributed by atoms with Crippen LogP contribution in [0.15, 0.2) is 30.3 Å². The minimum Gasteiger partial charge on any atom is -0.460 e. The number of ketones is 1. The number of nitrogens with zero attached hydrogens (tertiary/aromatic N) is 1. The number of esters is 1. The van der Waals surface area contributed by atoms with Crippen LogP contribution in [-0.2, 0) is 25.7 Å². The van der Waals surface area contributed by atoms with E-state index in [2.05, 4.69) is 11.8 Å². The van der Waals surface area contributed by atoms with E-state index in [1.807, 2.05) is 42.1 Å². The number of benzene rings is 1. The third kappa shape index (κ3) is 2.31. The Bertz CT molecular complexity index is 741. The van der Waals surface area contributed by atoms with Crippen molar-refractivity contribution >= 4 is 23.5 Å². The molecule has 0 unspecified atom stereocenters. The molecular weight excluding hydrogens is 350 g/mol. The molecule has 1 aromatic carbocycles. The fraction of sp³-hybridized carbons (Fsp3) is 0.600. The summed E-state index contributed by atoms with van der Waals surface area (Å²) in [6.07, 6.45) is 2.35. The number of carbonyl (C=O) groups excluding carboxylic acids is 2. The molecule has 3 saturated heterocycles. The molecule has 26 heavy (non-hydrogen) atoms. The minimum atomic E-state index is -0.462. The number of thioether (sulfide) groups is 1. The van der Waals surface area contributed by atoms with Crippen molar-refractivity contribution in [3.8, 4) is 0 Å². The zero-order valence-corrected chi connectivity index (χ0v) is 15.6. The molecule has 4 aliphatic rings. The van der Waals surface area contributed by atoms with E-state index in [-0.39, 0.29) is 35.8 Å². The molecule has 5 nitrogen and oxygen atoms in total. The minimum absolute atomic E-state index is 0.0552. The largest absolute Gasteiger partial charge is 0.460 e. The Hall–Kier alpha value is -1.37. The molecule has 1 aliphatic carbocycles. The van der Waals surface area contributed by atoms with Crippen molar-refractivity contribution in [1.82, 2.24) is 4.90 Å². The van der Waals surface area contributed by atoms with Gasteiger partial charge in [-0.25, -0.2) is 4.90 Å². The summed E-state index contributed by atoms with van der Waals surface area (Å²) in [7, 11) is 0. The van der Waals surface area contributed by atoms with E-state index in [1.54, 1.807) is 0 Å². The second-order valence-corrected chi connectivity index (χ2v) is 9.17. The Labute approximate surface area is 157 Å². The lowest BCUT2D eigenvalue weighted by Gasteiger charge is -2.37. The smallest absolute Gasteiger partial charge is 0.324 e.